The number of Topliss-reactive ketones (excluding diaryl/α,β-unsaturated/α-hetero) is 3. The number of carbonyl (C=O) groups excluding carboxylic acids is 3. The van der Waals surface area contributed by atoms with Gasteiger partial charge in [0.25, 0.3) is 0 Å². The predicted molar refractivity (Wildman–Crippen MR) is 65.8 cm³/mol. The highest BCUT2D eigenvalue weighted by molar-refractivity contribution is 6.29. The van der Waals surface area contributed by atoms with Gasteiger partial charge in [-0.15, -0.1) is 0 Å². The minimum absolute atomic E-state index is 0.0969. The third-order valence-corrected chi connectivity index (χ3v) is 2.55. The van der Waals surface area contributed by atoms with E-state index in [-0.39, 0.29) is 6.61 Å². The molecule has 0 amide bonds. The molecule has 0 heterocycles. The second kappa shape index (κ2) is 8.04. The van der Waals surface area contributed by atoms with Crippen LogP contribution in [0.25, 0.3) is 0 Å². The van der Waals surface area contributed by atoms with Gasteiger partial charge in [0.05, 0.1) is 19.6 Å². The van der Waals surface area contributed by atoms with Gasteiger partial charge in [0.2, 0.25) is 5.60 Å². The van der Waals surface area contributed by atoms with Crippen LogP contribution in [0.1, 0.15) is 19.8 Å². The van der Waals surface area contributed by atoms with E-state index in [1.165, 1.54) is 0 Å². The lowest BCUT2D eigenvalue weighted by Crippen LogP contribution is -2.61. The van der Waals surface area contributed by atoms with E-state index in [1.54, 1.807) is 0 Å². The lowest BCUT2D eigenvalue weighted by Gasteiger charge is -2.28. The summed E-state index contributed by atoms with van der Waals surface area (Å²) in [6.07, 6.45) is 1.40. The Morgan fingerprint density at radius 3 is 1.61 bits per heavy atom. The first kappa shape index (κ1) is 16.9. The standard InChI is InChI=1S/C11H21N3O4/c1-2-3-4-18-11(8(15)5-12,9(16)6-13)10(17)7-14/h2-7,12-14H2,1H3. The van der Waals surface area contributed by atoms with E-state index in [0.29, 0.717) is 6.42 Å². The summed E-state index contributed by atoms with van der Waals surface area (Å²) >= 11 is 0. The van der Waals surface area contributed by atoms with Crippen LogP contribution in [0.3, 0.4) is 0 Å². The van der Waals surface area contributed by atoms with Gasteiger partial charge in [-0.2, -0.15) is 0 Å². The summed E-state index contributed by atoms with van der Waals surface area (Å²) in [6.45, 7) is 0.557. The lowest BCUT2D eigenvalue weighted by atomic mass is 9.87. The topological polar surface area (TPSA) is 138 Å². The number of ether oxygens (including phenoxy) is 1. The number of rotatable bonds is 10. The molecule has 0 radical (unpaired) electrons. The van der Waals surface area contributed by atoms with Crippen molar-refractivity contribution in [3.63, 3.8) is 0 Å². The second-order valence-corrected chi connectivity index (χ2v) is 3.77. The number of carbonyl (C=O) groups is 3. The van der Waals surface area contributed by atoms with Crippen LogP contribution in [-0.4, -0.2) is 49.2 Å². The van der Waals surface area contributed by atoms with Crippen molar-refractivity contribution in [1.29, 1.82) is 0 Å². The van der Waals surface area contributed by atoms with Crippen LogP contribution in [0.5, 0.6) is 0 Å². The van der Waals surface area contributed by atoms with E-state index in [9.17, 15) is 14.4 Å². The molecule has 0 atom stereocenters. The normalized spacial score (nSPS) is 11.3. The first-order chi connectivity index (χ1) is 8.50. The van der Waals surface area contributed by atoms with Crippen molar-refractivity contribution >= 4 is 17.3 Å². The maximum Gasteiger partial charge on any atom is 0.246 e. The van der Waals surface area contributed by atoms with E-state index in [1.807, 2.05) is 6.92 Å². The Kier molecular flexibility index (Phi) is 7.53. The second-order valence-electron chi connectivity index (χ2n) is 3.77. The molecule has 0 aliphatic rings. The van der Waals surface area contributed by atoms with Gasteiger partial charge in [0.15, 0.2) is 17.3 Å². The Balaban J connectivity index is 5.33. The van der Waals surface area contributed by atoms with E-state index in [4.69, 9.17) is 21.9 Å². The van der Waals surface area contributed by atoms with Crippen molar-refractivity contribution in [1.82, 2.24) is 0 Å². The molecular formula is C11H21N3O4. The Labute approximate surface area is 106 Å². The molecule has 0 aromatic rings. The van der Waals surface area contributed by atoms with Crippen molar-refractivity contribution < 1.29 is 19.1 Å². The van der Waals surface area contributed by atoms with E-state index < -0.39 is 42.6 Å². The summed E-state index contributed by atoms with van der Waals surface area (Å²) in [5, 5.41) is 0. The summed E-state index contributed by atoms with van der Waals surface area (Å²) < 4.78 is 5.24. The molecule has 0 bridgehead atoms. The van der Waals surface area contributed by atoms with Crippen molar-refractivity contribution in [3.05, 3.63) is 0 Å². The molecule has 0 unspecified atom stereocenters. The molecule has 18 heavy (non-hydrogen) atoms. The number of hydrogen-bond donors (Lipinski definition) is 3. The first-order valence-electron chi connectivity index (χ1n) is 5.85. The highest BCUT2D eigenvalue weighted by atomic mass is 16.5. The Bertz CT molecular complexity index is 277. The van der Waals surface area contributed by atoms with Gasteiger partial charge in [0.1, 0.15) is 0 Å². The van der Waals surface area contributed by atoms with Gasteiger partial charge in [-0.05, 0) is 6.42 Å². The van der Waals surface area contributed by atoms with Gasteiger partial charge >= 0.3 is 0 Å². The summed E-state index contributed by atoms with van der Waals surface area (Å²) in [4.78, 5) is 35.5. The van der Waals surface area contributed by atoms with Crippen molar-refractivity contribution in [2.75, 3.05) is 26.2 Å². The van der Waals surface area contributed by atoms with Crippen LogP contribution in [0.2, 0.25) is 0 Å². The smallest absolute Gasteiger partial charge is 0.246 e. The highest BCUT2D eigenvalue weighted by Gasteiger charge is 2.50. The quantitative estimate of drug-likeness (QED) is 0.308. The lowest BCUT2D eigenvalue weighted by molar-refractivity contribution is -0.164. The van der Waals surface area contributed by atoms with Gasteiger partial charge in [-0.25, -0.2) is 0 Å². The van der Waals surface area contributed by atoms with Crippen molar-refractivity contribution in [3.8, 4) is 0 Å². The fourth-order valence-corrected chi connectivity index (χ4v) is 1.51. The Morgan fingerprint density at radius 1 is 0.944 bits per heavy atom. The maximum absolute atomic E-state index is 11.8. The van der Waals surface area contributed by atoms with Crippen LogP contribution in [-0.2, 0) is 19.1 Å². The third kappa shape index (κ3) is 3.42. The average molecular weight is 259 g/mol. The largest absolute Gasteiger partial charge is 0.353 e. The Hall–Kier alpha value is -1.15. The SMILES string of the molecule is CCCCOC(C(=O)CN)(C(=O)CN)C(=O)CN. The van der Waals surface area contributed by atoms with Gasteiger partial charge in [0, 0.05) is 6.61 Å². The zero-order chi connectivity index (χ0) is 14.2. The molecule has 0 aliphatic carbocycles. The Morgan fingerprint density at radius 2 is 1.33 bits per heavy atom. The van der Waals surface area contributed by atoms with Gasteiger partial charge in [-0.1, -0.05) is 13.3 Å². The van der Waals surface area contributed by atoms with Crippen molar-refractivity contribution in [2.24, 2.45) is 17.2 Å². The summed E-state index contributed by atoms with van der Waals surface area (Å²) in [7, 11) is 0. The van der Waals surface area contributed by atoms with Crippen LogP contribution in [0.4, 0.5) is 0 Å². The molecule has 0 saturated heterocycles. The molecule has 6 N–H and O–H groups in total. The molecule has 0 saturated carbocycles. The third-order valence-electron chi connectivity index (χ3n) is 2.55. The van der Waals surface area contributed by atoms with Gasteiger partial charge < -0.3 is 21.9 Å². The summed E-state index contributed by atoms with van der Waals surface area (Å²) in [5.74, 6) is -2.40. The average Bonchev–Trinajstić information content (AvgIpc) is 2.41. The molecule has 0 rings (SSSR count). The van der Waals surface area contributed by atoms with E-state index in [0.717, 1.165) is 6.42 Å². The number of nitrogens with two attached hydrogens (primary N) is 3. The number of hydrogen-bond acceptors (Lipinski definition) is 7. The zero-order valence-corrected chi connectivity index (χ0v) is 10.6. The molecule has 0 spiro atoms. The molecule has 0 aliphatic heterocycles. The predicted octanol–water partition coefficient (Wildman–Crippen LogP) is -1.87. The fourth-order valence-electron chi connectivity index (χ4n) is 1.51. The van der Waals surface area contributed by atoms with Crippen molar-refractivity contribution in [2.45, 2.75) is 25.4 Å². The number of ketones is 3. The molecule has 104 valence electrons. The monoisotopic (exact) mass is 259 g/mol. The molecular weight excluding hydrogens is 238 g/mol. The van der Waals surface area contributed by atoms with Gasteiger partial charge in [-0.3, -0.25) is 14.4 Å². The van der Waals surface area contributed by atoms with Crippen LogP contribution < -0.4 is 17.2 Å². The summed E-state index contributed by atoms with van der Waals surface area (Å²) in [5.41, 5.74) is 13.5. The number of unbranched alkanes of at least 4 members (excludes halogenated alkanes) is 1. The fraction of sp³-hybridized carbons (Fsp3) is 0.727. The summed E-state index contributed by atoms with van der Waals surface area (Å²) in [6, 6.07) is 0. The molecule has 0 aromatic heterocycles. The zero-order valence-electron chi connectivity index (χ0n) is 10.6. The van der Waals surface area contributed by atoms with E-state index >= 15 is 0 Å². The molecule has 7 nitrogen and oxygen atoms in total. The minimum Gasteiger partial charge on any atom is -0.353 e. The molecule has 0 aromatic carbocycles. The molecule has 7 heteroatoms. The van der Waals surface area contributed by atoms with Crippen LogP contribution in [0.15, 0.2) is 0 Å². The van der Waals surface area contributed by atoms with Crippen LogP contribution >= 0.6 is 0 Å². The highest BCUT2D eigenvalue weighted by Crippen LogP contribution is 2.16. The van der Waals surface area contributed by atoms with Crippen LogP contribution in [0, 0.1) is 0 Å². The minimum atomic E-state index is -2.21. The first-order valence-corrected chi connectivity index (χ1v) is 5.85. The molecule has 0 fully saturated rings. The van der Waals surface area contributed by atoms with E-state index in [2.05, 4.69) is 0 Å². The maximum atomic E-state index is 11.8.